The van der Waals surface area contributed by atoms with E-state index in [2.05, 4.69) is 23.3 Å². The Balaban J connectivity index is 2.60. The van der Waals surface area contributed by atoms with Crippen LogP contribution < -0.4 is 5.32 Å². The molecule has 0 unspecified atom stereocenters. The van der Waals surface area contributed by atoms with Crippen LogP contribution in [0.4, 0.5) is 0 Å². The predicted octanol–water partition coefficient (Wildman–Crippen LogP) is 1.30. The lowest BCUT2D eigenvalue weighted by Crippen LogP contribution is -2.00. The van der Waals surface area contributed by atoms with Crippen molar-refractivity contribution in [1.82, 2.24) is 10.3 Å². The van der Waals surface area contributed by atoms with Gasteiger partial charge in [0, 0.05) is 24.5 Å². The summed E-state index contributed by atoms with van der Waals surface area (Å²) in [6, 6.07) is 2.17. The molecule has 1 aromatic rings. The van der Waals surface area contributed by atoms with E-state index in [4.69, 9.17) is 0 Å². The molecule has 1 N–H and O–H groups in total. The van der Waals surface area contributed by atoms with Gasteiger partial charge in [0.2, 0.25) is 0 Å². The number of rotatable bonds is 0. The third-order valence-corrected chi connectivity index (χ3v) is 2.17. The van der Waals surface area contributed by atoms with Crippen molar-refractivity contribution in [1.29, 1.82) is 0 Å². The third kappa shape index (κ3) is 1.03. The van der Waals surface area contributed by atoms with Gasteiger partial charge in [-0.2, -0.15) is 0 Å². The average Bonchev–Trinajstić information content (AvgIpc) is 2.34. The Morgan fingerprint density at radius 1 is 1.36 bits per heavy atom. The maximum atomic E-state index is 4.41. The summed E-state index contributed by atoms with van der Waals surface area (Å²) in [6.07, 6.45) is 0. The maximum absolute atomic E-state index is 4.41. The minimum absolute atomic E-state index is 0.994. The lowest BCUT2D eigenvalue weighted by atomic mass is 10.1. The molecule has 0 fully saturated rings. The number of nitrogens with zero attached hydrogens (tertiary/aromatic N) is 1. The second-order valence-corrected chi connectivity index (χ2v) is 3.09. The highest BCUT2D eigenvalue weighted by Gasteiger charge is 2.12. The van der Waals surface area contributed by atoms with Gasteiger partial charge in [-0.1, -0.05) is 0 Å². The molecule has 0 aromatic carbocycles. The van der Waals surface area contributed by atoms with E-state index in [0.717, 1.165) is 18.8 Å². The largest absolute Gasteiger partial charge is 0.309 e. The van der Waals surface area contributed by atoms with Gasteiger partial charge in [0.15, 0.2) is 0 Å². The Morgan fingerprint density at radius 3 is 3.00 bits per heavy atom. The number of aromatic nitrogens is 1. The van der Waals surface area contributed by atoms with Crippen LogP contribution in [0.1, 0.15) is 22.5 Å². The topological polar surface area (TPSA) is 24.9 Å². The molecule has 0 atom stereocenters. The molecule has 2 heterocycles. The minimum Gasteiger partial charge on any atom is -0.309 e. The monoisotopic (exact) mass is 148 g/mol. The molecule has 0 radical (unpaired) electrons. The van der Waals surface area contributed by atoms with Crippen molar-refractivity contribution in [3.05, 3.63) is 28.6 Å². The number of fused-ring (bicyclic) bond motifs is 1. The molecule has 58 valence electrons. The number of hydrogen-bond acceptors (Lipinski definition) is 2. The highest BCUT2D eigenvalue weighted by molar-refractivity contribution is 5.34. The van der Waals surface area contributed by atoms with Crippen molar-refractivity contribution >= 4 is 0 Å². The van der Waals surface area contributed by atoms with E-state index in [1.165, 1.54) is 16.8 Å². The Hall–Kier alpha value is -0.890. The third-order valence-electron chi connectivity index (χ3n) is 2.17. The van der Waals surface area contributed by atoms with E-state index in [0.29, 0.717) is 0 Å². The molecule has 11 heavy (non-hydrogen) atoms. The van der Waals surface area contributed by atoms with Gasteiger partial charge in [0.25, 0.3) is 0 Å². The fourth-order valence-electron chi connectivity index (χ4n) is 1.66. The highest BCUT2D eigenvalue weighted by atomic mass is 14.9. The molecule has 0 amide bonds. The molecule has 0 spiro atoms. The van der Waals surface area contributed by atoms with Crippen LogP contribution in [0.5, 0.6) is 0 Å². The fourth-order valence-corrected chi connectivity index (χ4v) is 1.66. The second-order valence-electron chi connectivity index (χ2n) is 3.09. The number of nitrogens with one attached hydrogen (secondary N) is 1. The van der Waals surface area contributed by atoms with Gasteiger partial charge < -0.3 is 5.32 Å². The molecular weight excluding hydrogens is 136 g/mol. The summed E-state index contributed by atoms with van der Waals surface area (Å²) in [5.74, 6) is 0. The Morgan fingerprint density at radius 2 is 2.18 bits per heavy atom. The van der Waals surface area contributed by atoms with Gasteiger partial charge in [-0.05, 0) is 31.0 Å². The van der Waals surface area contributed by atoms with Crippen LogP contribution in [0.15, 0.2) is 6.07 Å². The molecule has 0 saturated heterocycles. The summed E-state index contributed by atoms with van der Waals surface area (Å²) in [5.41, 5.74) is 5.14. The molecule has 2 nitrogen and oxygen atoms in total. The van der Waals surface area contributed by atoms with E-state index in [-0.39, 0.29) is 0 Å². The first kappa shape index (κ1) is 6.80. The van der Waals surface area contributed by atoms with Crippen molar-refractivity contribution < 1.29 is 0 Å². The summed E-state index contributed by atoms with van der Waals surface area (Å²) in [4.78, 5) is 4.41. The zero-order valence-corrected chi connectivity index (χ0v) is 6.94. The molecule has 1 aromatic heterocycles. The first-order valence-electron chi connectivity index (χ1n) is 3.94. The van der Waals surface area contributed by atoms with E-state index in [1.807, 2.05) is 6.92 Å². The lowest BCUT2D eigenvalue weighted by molar-refractivity contribution is 0.762. The SMILES string of the molecule is Cc1cc2c(c(C)n1)CNC2. The predicted molar refractivity (Wildman–Crippen MR) is 44.3 cm³/mol. The molecular formula is C9H12N2. The smallest absolute Gasteiger partial charge is 0.0424 e. The van der Waals surface area contributed by atoms with Crippen LogP contribution in [-0.2, 0) is 13.1 Å². The van der Waals surface area contributed by atoms with Crippen LogP contribution in [0, 0.1) is 13.8 Å². The molecule has 2 rings (SSSR count). The molecule has 2 heteroatoms. The van der Waals surface area contributed by atoms with Crippen LogP contribution in [0.3, 0.4) is 0 Å². The number of pyridine rings is 1. The normalized spacial score (nSPS) is 15.1. The number of aryl methyl sites for hydroxylation is 2. The van der Waals surface area contributed by atoms with Crippen molar-refractivity contribution in [2.24, 2.45) is 0 Å². The second kappa shape index (κ2) is 2.31. The fraction of sp³-hybridized carbons (Fsp3) is 0.444. The van der Waals surface area contributed by atoms with Crippen LogP contribution in [0.25, 0.3) is 0 Å². The molecule has 0 saturated carbocycles. The summed E-state index contributed by atoms with van der Waals surface area (Å²) < 4.78 is 0. The zero-order valence-electron chi connectivity index (χ0n) is 6.94. The van der Waals surface area contributed by atoms with Crippen molar-refractivity contribution in [2.45, 2.75) is 26.9 Å². The van der Waals surface area contributed by atoms with Gasteiger partial charge >= 0.3 is 0 Å². The van der Waals surface area contributed by atoms with Crippen LogP contribution in [-0.4, -0.2) is 4.98 Å². The first-order valence-corrected chi connectivity index (χ1v) is 3.94. The number of hydrogen-bond donors (Lipinski definition) is 1. The van der Waals surface area contributed by atoms with Gasteiger partial charge in [0.1, 0.15) is 0 Å². The van der Waals surface area contributed by atoms with E-state index < -0.39 is 0 Å². The summed E-state index contributed by atoms with van der Waals surface area (Å²) in [5, 5.41) is 3.32. The van der Waals surface area contributed by atoms with Crippen LogP contribution in [0.2, 0.25) is 0 Å². The van der Waals surface area contributed by atoms with Crippen molar-refractivity contribution in [2.75, 3.05) is 0 Å². The Labute approximate surface area is 66.7 Å². The highest BCUT2D eigenvalue weighted by Crippen LogP contribution is 2.18. The summed E-state index contributed by atoms with van der Waals surface area (Å²) in [7, 11) is 0. The maximum Gasteiger partial charge on any atom is 0.0424 e. The van der Waals surface area contributed by atoms with E-state index in [9.17, 15) is 0 Å². The van der Waals surface area contributed by atoms with E-state index >= 15 is 0 Å². The van der Waals surface area contributed by atoms with Gasteiger partial charge in [-0.15, -0.1) is 0 Å². The van der Waals surface area contributed by atoms with E-state index in [1.54, 1.807) is 0 Å². The van der Waals surface area contributed by atoms with Gasteiger partial charge in [0.05, 0.1) is 0 Å². The average molecular weight is 148 g/mol. The first-order chi connectivity index (χ1) is 5.27. The quantitative estimate of drug-likeness (QED) is 0.600. The molecule has 0 bridgehead atoms. The summed E-state index contributed by atoms with van der Waals surface area (Å²) in [6.45, 7) is 6.14. The molecule has 0 aliphatic carbocycles. The lowest BCUT2D eigenvalue weighted by Gasteiger charge is -2.02. The molecule has 1 aliphatic heterocycles. The van der Waals surface area contributed by atoms with Gasteiger partial charge in [-0.3, -0.25) is 4.98 Å². The van der Waals surface area contributed by atoms with Crippen LogP contribution >= 0.6 is 0 Å². The van der Waals surface area contributed by atoms with Gasteiger partial charge in [-0.25, -0.2) is 0 Å². The Bertz CT molecular complexity index is 292. The minimum atomic E-state index is 0.994. The van der Waals surface area contributed by atoms with Crippen molar-refractivity contribution in [3.63, 3.8) is 0 Å². The summed E-state index contributed by atoms with van der Waals surface area (Å²) >= 11 is 0. The Kier molecular flexibility index (Phi) is 1.43. The van der Waals surface area contributed by atoms with Crippen molar-refractivity contribution in [3.8, 4) is 0 Å². The molecule has 1 aliphatic rings. The standard InChI is InChI=1S/C9H12N2/c1-6-3-8-4-10-5-9(8)7(2)11-6/h3,10H,4-5H2,1-2H3. The zero-order chi connectivity index (χ0) is 7.84.